The molecule has 0 radical (unpaired) electrons. The van der Waals surface area contributed by atoms with Crippen molar-refractivity contribution in [1.82, 2.24) is 10.6 Å². The van der Waals surface area contributed by atoms with E-state index in [1.165, 1.54) is 0 Å². The number of cyclic esters (lactones) is 2. The molecule has 2 heterocycles. The second-order valence-corrected chi connectivity index (χ2v) is 2.48. The van der Waals surface area contributed by atoms with Gasteiger partial charge in [-0.25, -0.2) is 9.59 Å². The summed E-state index contributed by atoms with van der Waals surface area (Å²) in [7, 11) is 0. The average molecular weight is 158 g/mol. The minimum absolute atomic E-state index is 0.123. The summed E-state index contributed by atoms with van der Waals surface area (Å²) in [4.78, 5) is 21.1. The Morgan fingerprint density at radius 1 is 1.09 bits per heavy atom. The molecule has 0 bridgehead atoms. The van der Waals surface area contributed by atoms with Crippen LogP contribution in [0.25, 0.3) is 0 Å². The van der Waals surface area contributed by atoms with Crippen LogP contribution in [0.4, 0.5) is 9.59 Å². The molecule has 2 amide bonds. The van der Waals surface area contributed by atoms with Gasteiger partial charge < -0.3 is 9.47 Å². The van der Waals surface area contributed by atoms with Crippen LogP contribution in [0.5, 0.6) is 0 Å². The van der Waals surface area contributed by atoms with E-state index >= 15 is 0 Å². The Kier molecular flexibility index (Phi) is 1.01. The fourth-order valence-electron chi connectivity index (χ4n) is 1.06. The molecule has 11 heavy (non-hydrogen) atoms. The number of carbonyl (C=O) groups excluding carboxylic acids is 2. The predicted octanol–water partition coefficient (Wildman–Crippen LogP) is -0.838. The zero-order chi connectivity index (χ0) is 7.90. The Hall–Kier alpha value is -1.46. The number of nitrogens with one attached hydrogen (secondary N) is 2. The lowest BCUT2D eigenvalue weighted by atomic mass is 10.2. The summed E-state index contributed by atoms with van der Waals surface area (Å²) in [6.07, 6.45) is -1.06. The molecule has 0 aromatic heterocycles. The fourth-order valence-corrected chi connectivity index (χ4v) is 1.06. The van der Waals surface area contributed by atoms with Crippen molar-refractivity contribution in [1.29, 1.82) is 0 Å². The molecule has 0 aromatic carbocycles. The Morgan fingerprint density at radius 3 is 1.82 bits per heavy atom. The van der Waals surface area contributed by atoms with Crippen molar-refractivity contribution in [3.05, 3.63) is 0 Å². The number of alkyl carbamates (subject to hydrolysis) is 2. The van der Waals surface area contributed by atoms with E-state index in [0.29, 0.717) is 0 Å². The second kappa shape index (κ2) is 1.77. The van der Waals surface area contributed by atoms with E-state index in [1.54, 1.807) is 0 Å². The monoisotopic (exact) mass is 158 g/mol. The van der Waals surface area contributed by atoms with E-state index in [9.17, 15) is 9.59 Å². The lowest BCUT2D eigenvalue weighted by Gasteiger charge is -2.15. The van der Waals surface area contributed by atoms with E-state index in [0.717, 1.165) is 0 Å². The van der Waals surface area contributed by atoms with Gasteiger partial charge in [-0.2, -0.15) is 0 Å². The van der Waals surface area contributed by atoms with Gasteiger partial charge in [0.2, 0.25) is 0 Å². The minimum atomic E-state index is -0.811. The normalized spacial score (nSPS) is 25.8. The molecular weight excluding hydrogens is 152 g/mol. The molecule has 6 nitrogen and oxygen atoms in total. The maximum Gasteiger partial charge on any atom is 0.409 e. The predicted molar refractivity (Wildman–Crippen MR) is 31.7 cm³/mol. The summed E-state index contributed by atoms with van der Waals surface area (Å²) in [6, 6.07) is 0. The molecule has 2 N–H and O–H groups in total. The topological polar surface area (TPSA) is 76.7 Å². The third-order valence-electron chi connectivity index (χ3n) is 1.58. The summed E-state index contributed by atoms with van der Waals surface area (Å²) in [5, 5.41) is 4.88. The molecule has 0 aliphatic carbocycles. The van der Waals surface area contributed by atoms with Crippen LogP contribution in [-0.2, 0) is 9.47 Å². The van der Waals surface area contributed by atoms with Gasteiger partial charge in [0.15, 0.2) is 5.66 Å². The quantitative estimate of drug-likeness (QED) is 0.482. The maximum atomic E-state index is 10.6. The second-order valence-electron chi connectivity index (χ2n) is 2.48. The fraction of sp³-hybridized carbons (Fsp3) is 0.600. The van der Waals surface area contributed by atoms with Crippen LogP contribution in [0, 0.1) is 0 Å². The van der Waals surface area contributed by atoms with Crippen LogP contribution in [0.2, 0.25) is 0 Å². The SMILES string of the molecule is O=C1NC2(CO1)COC(=O)N2. The molecule has 2 saturated heterocycles. The highest BCUT2D eigenvalue weighted by Crippen LogP contribution is 2.14. The van der Waals surface area contributed by atoms with E-state index < -0.39 is 17.8 Å². The van der Waals surface area contributed by atoms with Gasteiger partial charge in [-0.3, -0.25) is 10.6 Å². The van der Waals surface area contributed by atoms with Gasteiger partial charge in [-0.05, 0) is 0 Å². The first-order valence-corrected chi connectivity index (χ1v) is 3.10. The Labute approximate surface area is 61.8 Å². The molecule has 2 fully saturated rings. The molecule has 1 spiro atoms. The molecule has 2 rings (SSSR count). The minimum Gasteiger partial charge on any atom is -0.445 e. The summed E-state index contributed by atoms with van der Waals surface area (Å²) in [5.74, 6) is 0. The van der Waals surface area contributed by atoms with E-state index in [-0.39, 0.29) is 13.2 Å². The van der Waals surface area contributed by atoms with Gasteiger partial charge in [0.05, 0.1) is 0 Å². The molecule has 0 unspecified atom stereocenters. The number of hydrogen-bond acceptors (Lipinski definition) is 4. The number of rotatable bonds is 0. The maximum absolute atomic E-state index is 10.6. The number of amides is 2. The molecule has 60 valence electrons. The standard InChI is InChI=1S/C5H6N2O4/c8-3-6-5(1-10-3)2-11-4(9)7-5/h1-2H2,(H,6,8)(H,7,9). The van der Waals surface area contributed by atoms with Crippen LogP contribution in [-0.4, -0.2) is 31.1 Å². The number of carbonyl (C=O) groups is 2. The summed E-state index contributed by atoms with van der Waals surface area (Å²) in [5.41, 5.74) is -0.811. The first kappa shape index (κ1) is 6.26. The Morgan fingerprint density at radius 2 is 1.55 bits per heavy atom. The average Bonchev–Trinajstić information content (AvgIpc) is 2.44. The third kappa shape index (κ3) is 0.866. The third-order valence-corrected chi connectivity index (χ3v) is 1.58. The highest BCUT2D eigenvalue weighted by atomic mass is 16.6. The highest BCUT2D eigenvalue weighted by Gasteiger charge is 2.46. The van der Waals surface area contributed by atoms with Gasteiger partial charge in [-0.1, -0.05) is 0 Å². The first-order chi connectivity index (χ1) is 5.20. The Balaban J connectivity index is 2.13. The van der Waals surface area contributed by atoms with Gasteiger partial charge in [0.1, 0.15) is 13.2 Å². The van der Waals surface area contributed by atoms with Crippen molar-refractivity contribution in [2.75, 3.05) is 13.2 Å². The number of hydrogen-bond donors (Lipinski definition) is 2. The van der Waals surface area contributed by atoms with Crippen LogP contribution >= 0.6 is 0 Å². The molecule has 0 atom stereocenters. The summed E-state index contributed by atoms with van der Waals surface area (Å²) in [6.45, 7) is 0.245. The molecule has 2 aliphatic rings. The smallest absolute Gasteiger partial charge is 0.409 e. The van der Waals surface area contributed by atoms with Crippen LogP contribution in [0.1, 0.15) is 0 Å². The molecular formula is C5H6N2O4. The molecule has 0 aromatic rings. The van der Waals surface area contributed by atoms with Crippen molar-refractivity contribution in [3.8, 4) is 0 Å². The van der Waals surface area contributed by atoms with Crippen LogP contribution in [0.3, 0.4) is 0 Å². The van der Waals surface area contributed by atoms with Gasteiger partial charge in [0, 0.05) is 0 Å². The lowest BCUT2D eigenvalue weighted by Crippen LogP contribution is -2.54. The first-order valence-electron chi connectivity index (χ1n) is 3.10. The zero-order valence-electron chi connectivity index (χ0n) is 5.55. The van der Waals surface area contributed by atoms with Crippen molar-refractivity contribution in [2.24, 2.45) is 0 Å². The van der Waals surface area contributed by atoms with Crippen molar-refractivity contribution in [3.63, 3.8) is 0 Å². The molecule has 0 saturated carbocycles. The largest absolute Gasteiger partial charge is 0.445 e. The van der Waals surface area contributed by atoms with E-state index in [1.807, 2.05) is 0 Å². The summed E-state index contributed by atoms with van der Waals surface area (Å²) >= 11 is 0. The lowest BCUT2D eigenvalue weighted by molar-refractivity contribution is 0.159. The van der Waals surface area contributed by atoms with Crippen molar-refractivity contribution < 1.29 is 19.1 Å². The van der Waals surface area contributed by atoms with Crippen LogP contribution < -0.4 is 10.6 Å². The molecule has 2 aliphatic heterocycles. The van der Waals surface area contributed by atoms with Gasteiger partial charge in [-0.15, -0.1) is 0 Å². The van der Waals surface area contributed by atoms with Crippen molar-refractivity contribution >= 4 is 12.2 Å². The van der Waals surface area contributed by atoms with Crippen molar-refractivity contribution in [2.45, 2.75) is 5.66 Å². The zero-order valence-corrected chi connectivity index (χ0v) is 5.55. The van der Waals surface area contributed by atoms with Gasteiger partial charge >= 0.3 is 12.2 Å². The molecule has 6 heteroatoms. The van der Waals surface area contributed by atoms with Gasteiger partial charge in [0.25, 0.3) is 0 Å². The van der Waals surface area contributed by atoms with E-state index in [4.69, 9.17) is 0 Å². The Bertz CT molecular complexity index is 203. The van der Waals surface area contributed by atoms with Crippen LogP contribution in [0.15, 0.2) is 0 Å². The van der Waals surface area contributed by atoms with E-state index in [2.05, 4.69) is 20.1 Å². The summed E-state index contributed by atoms with van der Waals surface area (Å²) < 4.78 is 9.19. The number of ether oxygens (including phenoxy) is 2. The highest BCUT2D eigenvalue weighted by molar-refractivity contribution is 5.76.